The second-order valence-corrected chi connectivity index (χ2v) is 5.76. The molecular weight excluding hydrogens is 408 g/mol. The molecule has 0 fully saturated rings. The van der Waals surface area contributed by atoms with Crippen molar-refractivity contribution < 1.29 is 33.3 Å². The zero-order chi connectivity index (χ0) is 18.9. The predicted octanol–water partition coefficient (Wildman–Crippen LogP) is 1.87. The number of ether oxygens (including phenoxy) is 5. The molecule has 8 heteroatoms. The molecule has 0 bridgehead atoms. The number of benzene rings is 1. The Morgan fingerprint density at radius 2 is 1.15 bits per heavy atom. The number of carbonyl (C=O) groups is 2. The first-order valence-corrected chi connectivity index (χ1v) is 9.51. The molecule has 1 aromatic carbocycles. The van der Waals surface area contributed by atoms with Crippen LogP contribution in [0.4, 0.5) is 0 Å². The lowest BCUT2D eigenvalue weighted by Gasteiger charge is -2.07. The third kappa shape index (κ3) is 11.3. The van der Waals surface area contributed by atoms with Gasteiger partial charge in [0.05, 0.1) is 52.9 Å². The highest BCUT2D eigenvalue weighted by atomic mass is 79.9. The lowest BCUT2D eigenvalue weighted by molar-refractivity contribution is -0.139. The van der Waals surface area contributed by atoms with Crippen molar-refractivity contribution in [2.24, 2.45) is 0 Å². The van der Waals surface area contributed by atoms with Crippen LogP contribution in [0.15, 0.2) is 30.3 Å². The van der Waals surface area contributed by atoms with Gasteiger partial charge in [-0.05, 0) is 0 Å². The maximum atomic E-state index is 11.8. The number of hydrogen-bond donors (Lipinski definition) is 0. The smallest absolute Gasteiger partial charge is 0.379 e. The number of alkyl halides is 1. The number of Topliss-reactive ketones (excluding diaryl/α,β-unsaturated/α-hetero) is 1. The average Bonchev–Trinajstić information content (AvgIpc) is 2.68. The highest BCUT2D eigenvalue weighted by Gasteiger charge is 2.16. The molecule has 0 saturated heterocycles. The van der Waals surface area contributed by atoms with E-state index in [4.69, 9.17) is 23.7 Å². The lowest BCUT2D eigenvalue weighted by atomic mass is 10.1. The van der Waals surface area contributed by atoms with Crippen LogP contribution in [0, 0.1) is 0 Å². The molecule has 0 aliphatic carbocycles. The van der Waals surface area contributed by atoms with Crippen LogP contribution in [-0.4, -0.2) is 76.5 Å². The molecule has 1 rings (SSSR count). The highest BCUT2D eigenvalue weighted by Crippen LogP contribution is 2.01. The Balaban J connectivity index is 1.87. The van der Waals surface area contributed by atoms with Crippen molar-refractivity contribution in [2.75, 3.05) is 64.8 Å². The molecule has 0 heterocycles. The van der Waals surface area contributed by atoms with Gasteiger partial charge in [-0.3, -0.25) is 4.79 Å². The molecule has 0 aliphatic rings. The first-order chi connectivity index (χ1) is 12.8. The fourth-order valence-corrected chi connectivity index (χ4v) is 2.01. The second-order valence-electron chi connectivity index (χ2n) is 4.97. The third-order valence-electron chi connectivity index (χ3n) is 3.02. The Hall–Kier alpha value is -1.32. The van der Waals surface area contributed by atoms with Gasteiger partial charge >= 0.3 is 5.97 Å². The number of rotatable bonds is 16. The topological polar surface area (TPSA) is 80.3 Å². The van der Waals surface area contributed by atoms with Crippen LogP contribution in [0.25, 0.3) is 0 Å². The summed E-state index contributed by atoms with van der Waals surface area (Å²) >= 11 is 3.27. The molecule has 0 N–H and O–H groups in total. The first-order valence-electron chi connectivity index (χ1n) is 8.39. The highest BCUT2D eigenvalue weighted by molar-refractivity contribution is 9.09. The minimum Gasteiger partial charge on any atom is -0.457 e. The summed E-state index contributed by atoms with van der Waals surface area (Å²) in [5.74, 6) is -1.54. The molecular formula is C18H25BrO7. The maximum absolute atomic E-state index is 11.8. The Morgan fingerprint density at radius 1 is 0.692 bits per heavy atom. The van der Waals surface area contributed by atoms with E-state index in [0.29, 0.717) is 51.8 Å². The average molecular weight is 433 g/mol. The van der Waals surface area contributed by atoms with Gasteiger partial charge in [0, 0.05) is 10.9 Å². The summed E-state index contributed by atoms with van der Waals surface area (Å²) in [6.07, 6.45) is 0. The Bertz CT molecular complexity index is 496. The van der Waals surface area contributed by atoms with Crippen molar-refractivity contribution in [3.05, 3.63) is 35.9 Å². The summed E-state index contributed by atoms with van der Waals surface area (Å²) in [7, 11) is 0. The van der Waals surface area contributed by atoms with E-state index in [2.05, 4.69) is 15.9 Å². The summed E-state index contributed by atoms with van der Waals surface area (Å²) in [6.45, 7) is 3.78. The molecule has 26 heavy (non-hydrogen) atoms. The van der Waals surface area contributed by atoms with Crippen molar-refractivity contribution >= 4 is 27.7 Å². The van der Waals surface area contributed by atoms with Crippen LogP contribution in [0.2, 0.25) is 0 Å². The van der Waals surface area contributed by atoms with E-state index in [9.17, 15) is 9.59 Å². The zero-order valence-electron chi connectivity index (χ0n) is 14.7. The van der Waals surface area contributed by atoms with E-state index < -0.39 is 11.8 Å². The van der Waals surface area contributed by atoms with Gasteiger partial charge in [0.25, 0.3) is 5.78 Å². The molecule has 0 amide bonds. The molecule has 0 aromatic heterocycles. The molecule has 146 valence electrons. The van der Waals surface area contributed by atoms with Gasteiger partial charge in [-0.25, -0.2) is 4.79 Å². The molecule has 7 nitrogen and oxygen atoms in total. The number of halogens is 1. The van der Waals surface area contributed by atoms with E-state index in [0.717, 1.165) is 5.33 Å². The zero-order valence-corrected chi connectivity index (χ0v) is 16.3. The fraction of sp³-hybridized carbons (Fsp3) is 0.556. The SMILES string of the molecule is O=C(OCCOCCOCCOCCOCCBr)C(=O)c1ccccc1. The molecule has 1 aromatic rings. The summed E-state index contributed by atoms with van der Waals surface area (Å²) in [5.41, 5.74) is 0.309. The maximum Gasteiger partial charge on any atom is 0.379 e. The van der Waals surface area contributed by atoms with Crippen LogP contribution in [0.5, 0.6) is 0 Å². The number of hydrogen-bond acceptors (Lipinski definition) is 7. The van der Waals surface area contributed by atoms with Crippen LogP contribution in [0.1, 0.15) is 10.4 Å². The van der Waals surface area contributed by atoms with E-state index in [-0.39, 0.29) is 13.2 Å². The quantitative estimate of drug-likeness (QED) is 0.130. The normalized spacial score (nSPS) is 10.7. The fourth-order valence-electron chi connectivity index (χ4n) is 1.78. The number of carbonyl (C=O) groups excluding carboxylic acids is 2. The monoisotopic (exact) mass is 432 g/mol. The molecule has 0 spiro atoms. The summed E-state index contributed by atoms with van der Waals surface area (Å²) < 4.78 is 26.0. The van der Waals surface area contributed by atoms with Gasteiger partial charge in [-0.1, -0.05) is 46.3 Å². The van der Waals surface area contributed by atoms with Crippen LogP contribution in [-0.2, 0) is 28.5 Å². The summed E-state index contributed by atoms with van der Waals surface area (Å²) in [5, 5.41) is 0.818. The van der Waals surface area contributed by atoms with E-state index in [1.54, 1.807) is 30.3 Å². The second kappa shape index (κ2) is 15.9. The van der Waals surface area contributed by atoms with Gasteiger partial charge in [0.2, 0.25) is 0 Å². The van der Waals surface area contributed by atoms with Crippen LogP contribution in [0.3, 0.4) is 0 Å². The van der Waals surface area contributed by atoms with Crippen molar-refractivity contribution in [1.82, 2.24) is 0 Å². The van der Waals surface area contributed by atoms with Crippen molar-refractivity contribution in [3.63, 3.8) is 0 Å². The first kappa shape index (κ1) is 22.7. The standard InChI is InChI=1S/C18H25BrO7/c19-6-7-22-8-9-23-10-11-24-12-13-25-14-15-26-18(21)17(20)16-4-2-1-3-5-16/h1-5H,6-15H2. The lowest BCUT2D eigenvalue weighted by Crippen LogP contribution is -2.20. The minimum absolute atomic E-state index is 0.0227. The third-order valence-corrected chi connectivity index (χ3v) is 3.34. The Kier molecular flexibility index (Phi) is 13.9. The molecule has 0 radical (unpaired) electrons. The van der Waals surface area contributed by atoms with Crippen LogP contribution < -0.4 is 0 Å². The summed E-state index contributed by atoms with van der Waals surface area (Å²) in [6, 6.07) is 8.28. The Morgan fingerprint density at radius 3 is 1.65 bits per heavy atom. The van der Waals surface area contributed by atoms with Gasteiger partial charge < -0.3 is 23.7 Å². The van der Waals surface area contributed by atoms with Crippen molar-refractivity contribution in [3.8, 4) is 0 Å². The van der Waals surface area contributed by atoms with Crippen molar-refractivity contribution in [2.45, 2.75) is 0 Å². The van der Waals surface area contributed by atoms with E-state index in [1.807, 2.05) is 0 Å². The van der Waals surface area contributed by atoms with E-state index in [1.165, 1.54) is 0 Å². The molecule has 0 saturated carbocycles. The largest absolute Gasteiger partial charge is 0.457 e. The molecule has 0 unspecified atom stereocenters. The van der Waals surface area contributed by atoms with Crippen LogP contribution >= 0.6 is 15.9 Å². The van der Waals surface area contributed by atoms with Gasteiger partial charge in [-0.15, -0.1) is 0 Å². The van der Waals surface area contributed by atoms with E-state index >= 15 is 0 Å². The number of ketones is 1. The minimum atomic E-state index is -0.881. The Labute approximate surface area is 162 Å². The molecule has 0 aliphatic heterocycles. The van der Waals surface area contributed by atoms with Gasteiger partial charge in [0.1, 0.15) is 6.61 Å². The summed E-state index contributed by atoms with van der Waals surface area (Å²) in [4.78, 5) is 23.3. The van der Waals surface area contributed by atoms with Gasteiger partial charge in [-0.2, -0.15) is 0 Å². The number of esters is 1. The molecule has 0 atom stereocenters. The van der Waals surface area contributed by atoms with Gasteiger partial charge in [0.15, 0.2) is 0 Å². The predicted molar refractivity (Wildman–Crippen MR) is 98.8 cm³/mol. The van der Waals surface area contributed by atoms with Crippen molar-refractivity contribution in [1.29, 1.82) is 0 Å².